The van der Waals surface area contributed by atoms with E-state index in [1.54, 1.807) is 68.6 Å². The molecular formula is C55H75N17O12. The number of nitrogens with two attached hydrogens (primary N) is 3. The van der Waals surface area contributed by atoms with Crippen molar-refractivity contribution in [3.05, 3.63) is 90.1 Å². The Bertz CT molecular complexity index is 3000. The Morgan fingerprint density at radius 2 is 1.37 bits per heavy atom. The maximum absolute atomic E-state index is 14.4. The van der Waals surface area contributed by atoms with Crippen molar-refractivity contribution in [2.45, 2.75) is 126 Å². The third-order valence-corrected chi connectivity index (χ3v) is 14.0. The number of aliphatic hydroxyl groups is 1. The van der Waals surface area contributed by atoms with Crippen LogP contribution in [0.5, 0.6) is 0 Å². The molecule has 29 heteroatoms. The Morgan fingerprint density at radius 1 is 0.714 bits per heavy atom. The van der Waals surface area contributed by atoms with Gasteiger partial charge in [-0.05, 0) is 61.6 Å². The predicted molar refractivity (Wildman–Crippen MR) is 304 cm³/mol. The number of rotatable bonds is 31. The summed E-state index contributed by atoms with van der Waals surface area (Å²) < 4.78 is 0. The van der Waals surface area contributed by atoms with E-state index in [0.29, 0.717) is 23.2 Å². The number of carbonyl (C=O) groups excluding carboxylic acids is 11. The number of nitrogens with zero attached hydrogens (tertiary/aromatic N) is 3. The van der Waals surface area contributed by atoms with Crippen molar-refractivity contribution < 1.29 is 57.8 Å². The number of benzene rings is 2. The van der Waals surface area contributed by atoms with Crippen molar-refractivity contribution in [3.8, 4) is 0 Å². The van der Waals surface area contributed by atoms with E-state index in [1.807, 2.05) is 6.07 Å². The molecular weight excluding hydrogens is 1090 g/mol. The molecule has 452 valence electrons. The van der Waals surface area contributed by atoms with Crippen LogP contribution >= 0.6 is 0 Å². The molecule has 2 aromatic heterocycles. The summed E-state index contributed by atoms with van der Waals surface area (Å²) in [5.41, 5.74) is 18.5. The third-order valence-electron chi connectivity index (χ3n) is 14.0. The van der Waals surface area contributed by atoms with Crippen molar-refractivity contribution in [2.24, 2.45) is 28.1 Å². The van der Waals surface area contributed by atoms with Gasteiger partial charge in [-0.1, -0.05) is 62.4 Å². The molecule has 6 rings (SSSR count). The Hall–Kier alpha value is -9.41. The van der Waals surface area contributed by atoms with Crippen molar-refractivity contribution in [3.63, 3.8) is 0 Å². The van der Waals surface area contributed by atoms with Gasteiger partial charge in [-0.15, -0.1) is 0 Å². The van der Waals surface area contributed by atoms with Crippen LogP contribution in [0.25, 0.3) is 10.9 Å². The number of amides is 11. The average molecular weight is 1170 g/mol. The Kier molecular flexibility index (Phi) is 23.6. The van der Waals surface area contributed by atoms with E-state index < -0.39 is 127 Å². The highest BCUT2D eigenvalue weighted by Crippen LogP contribution is 2.22. The van der Waals surface area contributed by atoms with Crippen molar-refractivity contribution >= 4 is 81.8 Å². The number of aromatic nitrogens is 3. The summed E-state index contributed by atoms with van der Waals surface area (Å²) in [5, 5.41) is 34.7. The largest absolute Gasteiger partial charge is 0.394 e. The molecule has 4 aromatic rings. The van der Waals surface area contributed by atoms with Gasteiger partial charge in [0, 0.05) is 67.8 Å². The van der Waals surface area contributed by atoms with E-state index in [0.717, 1.165) is 10.9 Å². The van der Waals surface area contributed by atoms with Crippen LogP contribution in [0.2, 0.25) is 0 Å². The molecule has 4 heterocycles. The van der Waals surface area contributed by atoms with Gasteiger partial charge in [0.1, 0.15) is 48.3 Å². The lowest BCUT2D eigenvalue weighted by atomic mass is 10.0. The van der Waals surface area contributed by atoms with Crippen molar-refractivity contribution in [2.75, 3.05) is 32.8 Å². The third kappa shape index (κ3) is 19.1. The van der Waals surface area contributed by atoms with Gasteiger partial charge in [-0.25, -0.2) is 4.98 Å². The maximum atomic E-state index is 14.4. The monoisotopic (exact) mass is 1170 g/mol. The summed E-state index contributed by atoms with van der Waals surface area (Å²) in [6.07, 6.45) is 5.51. The van der Waals surface area contributed by atoms with Gasteiger partial charge in [0.2, 0.25) is 65.0 Å². The van der Waals surface area contributed by atoms with E-state index >= 15 is 0 Å². The van der Waals surface area contributed by atoms with Gasteiger partial charge in [0.15, 0.2) is 5.96 Å². The summed E-state index contributed by atoms with van der Waals surface area (Å²) in [6, 6.07) is 5.53. The molecule has 0 bridgehead atoms. The molecule has 0 aliphatic carbocycles. The molecule has 11 amide bonds. The standard InChI is InChI=1S/C55H75N17O12/c1-30(2)20-38(49(79)67-37(14-8-18-60-55(57)58)54(84)72-19-9-15-43(72)53(83)62-26-44(56)74)66-46(76)27-63-47(77)39(21-31-10-4-3-5-11-31)68-52(82)42(28-73)71-50(80)40(22-32-24-61-35-13-7-6-12-34(32)35)69-51(81)41(23-33-25-59-29-64-33)70-48(78)36-16-17-45(75)65-36/h3-7,10-13,24-25,29-30,36-43,61,73H,8-9,14-23,26-28H2,1-2H3,(H2,56,74)(H,59,64)(H,62,83)(H,63,77)(H,65,75)(H,66,76)(H,67,79)(H,68,82)(H,69,81)(H,70,78)(H,71,80)(H4,57,58,60)/t36-,37-,38-,39-,40-,41-,42-,43-/m0/s1. The molecule has 2 aromatic carbocycles. The van der Waals surface area contributed by atoms with Crippen LogP contribution in [0.3, 0.4) is 0 Å². The quantitative estimate of drug-likeness (QED) is 0.0129. The number of para-hydroxylation sites is 1. The first-order valence-electron chi connectivity index (χ1n) is 27.7. The van der Waals surface area contributed by atoms with Crippen LogP contribution < -0.4 is 65.1 Å². The van der Waals surface area contributed by atoms with Gasteiger partial charge in [0.05, 0.1) is 26.0 Å². The number of aliphatic imine (C=N–C) groups is 1. The zero-order valence-corrected chi connectivity index (χ0v) is 46.7. The van der Waals surface area contributed by atoms with E-state index in [4.69, 9.17) is 17.2 Å². The smallest absolute Gasteiger partial charge is 0.245 e. The number of aromatic amines is 2. The number of imidazole rings is 1. The number of fused-ring (bicyclic) bond motifs is 1. The van der Waals surface area contributed by atoms with Crippen LogP contribution in [-0.2, 0) is 72.0 Å². The summed E-state index contributed by atoms with van der Waals surface area (Å²) in [6.45, 7) is 1.76. The van der Waals surface area contributed by atoms with E-state index in [2.05, 4.69) is 67.8 Å². The second-order valence-corrected chi connectivity index (χ2v) is 21.0. The zero-order chi connectivity index (χ0) is 60.9. The second-order valence-electron chi connectivity index (χ2n) is 21.0. The summed E-state index contributed by atoms with van der Waals surface area (Å²) in [4.78, 5) is 164. The fourth-order valence-corrected chi connectivity index (χ4v) is 9.78. The summed E-state index contributed by atoms with van der Waals surface area (Å²) in [5.74, 6) is -8.47. The Balaban J connectivity index is 1.15. The number of carbonyl (C=O) groups is 11. The maximum Gasteiger partial charge on any atom is 0.245 e. The molecule has 0 radical (unpaired) electrons. The molecule has 0 unspecified atom stereocenters. The first-order valence-corrected chi connectivity index (χ1v) is 27.7. The number of hydrogen-bond donors (Lipinski definition) is 15. The number of aliphatic hydroxyl groups excluding tert-OH is 1. The first kappa shape index (κ1) is 63.8. The molecule has 2 fully saturated rings. The number of primary amides is 1. The lowest BCUT2D eigenvalue weighted by Gasteiger charge is -2.30. The van der Waals surface area contributed by atoms with Gasteiger partial charge in [-0.3, -0.25) is 57.7 Å². The fraction of sp³-hybridized carbons (Fsp3) is 0.473. The zero-order valence-electron chi connectivity index (χ0n) is 46.7. The van der Waals surface area contributed by atoms with Crippen LogP contribution in [0.15, 0.2) is 78.3 Å². The lowest BCUT2D eigenvalue weighted by molar-refractivity contribution is -0.142. The Labute approximate surface area is 483 Å². The predicted octanol–water partition coefficient (Wildman–Crippen LogP) is -4.09. The molecule has 2 saturated heterocycles. The molecule has 18 N–H and O–H groups in total. The number of nitrogens with one attached hydrogen (secondary N) is 11. The first-order chi connectivity index (χ1) is 40.2. The highest BCUT2D eigenvalue weighted by molar-refractivity contribution is 5.99. The van der Waals surface area contributed by atoms with Crippen LogP contribution in [0.4, 0.5) is 0 Å². The molecule has 8 atom stereocenters. The van der Waals surface area contributed by atoms with Crippen LogP contribution in [0.1, 0.15) is 75.6 Å². The fourth-order valence-electron chi connectivity index (χ4n) is 9.78. The number of H-pyrrole nitrogens is 2. The SMILES string of the molecule is CC(C)C[C@H](NC(=O)CNC(=O)[C@H](Cc1ccccc1)NC(=O)[C@H](CO)NC(=O)[C@H](Cc1c[nH]c2ccccc12)NC(=O)[C@H](Cc1cnc[nH]1)NC(=O)[C@@H]1CCC(=O)N1)C(=O)N[C@@H](CCCN=C(N)N)C(=O)N1CCC[C@H]1C(=O)NCC(N)=O. The molecule has 2 aliphatic heterocycles. The second kappa shape index (κ2) is 31.1. The highest BCUT2D eigenvalue weighted by atomic mass is 16.3. The van der Waals surface area contributed by atoms with Gasteiger partial charge < -0.3 is 85.0 Å². The minimum absolute atomic E-state index is 0.0298. The number of guanidine groups is 1. The topological polar surface area (TPSA) is 454 Å². The van der Waals surface area contributed by atoms with Gasteiger partial charge >= 0.3 is 0 Å². The number of likely N-dealkylation sites (tertiary alicyclic amines) is 1. The van der Waals surface area contributed by atoms with Crippen LogP contribution in [-0.4, -0.2) is 177 Å². The molecule has 84 heavy (non-hydrogen) atoms. The van der Waals surface area contributed by atoms with Crippen LogP contribution in [0, 0.1) is 5.92 Å². The van der Waals surface area contributed by atoms with Crippen molar-refractivity contribution in [1.82, 2.24) is 67.7 Å². The summed E-state index contributed by atoms with van der Waals surface area (Å²) >= 11 is 0. The van der Waals surface area contributed by atoms with Gasteiger partial charge in [0.25, 0.3) is 0 Å². The molecule has 0 saturated carbocycles. The van der Waals surface area contributed by atoms with Gasteiger partial charge in [-0.2, -0.15) is 0 Å². The minimum atomic E-state index is -1.71. The molecule has 2 aliphatic rings. The minimum Gasteiger partial charge on any atom is -0.394 e. The highest BCUT2D eigenvalue weighted by Gasteiger charge is 2.39. The molecule has 29 nitrogen and oxygen atoms in total. The number of hydrogen-bond acceptors (Lipinski definition) is 14. The van der Waals surface area contributed by atoms with E-state index in [9.17, 15) is 57.8 Å². The Morgan fingerprint density at radius 3 is 2.02 bits per heavy atom. The average Bonchev–Trinajstić information content (AvgIpc) is 4.23. The molecule has 0 spiro atoms. The van der Waals surface area contributed by atoms with E-state index in [1.165, 1.54) is 17.4 Å². The summed E-state index contributed by atoms with van der Waals surface area (Å²) in [7, 11) is 0. The van der Waals surface area contributed by atoms with Crippen molar-refractivity contribution in [1.29, 1.82) is 0 Å². The van der Waals surface area contributed by atoms with E-state index in [-0.39, 0.29) is 88.7 Å². The lowest BCUT2D eigenvalue weighted by Crippen LogP contribution is -2.60. The normalized spacial score (nSPS) is 16.8.